The van der Waals surface area contributed by atoms with Crippen LogP contribution in [0.3, 0.4) is 0 Å². The summed E-state index contributed by atoms with van der Waals surface area (Å²) >= 11 is 0. The number of alkyl halides is 3. The van der Waals surface area contributed by atoms with Crippen LogP contribution in [0.1, 0.15) is 19.3 Å². The average molecular weight is 240 g/mol. The van der Waals surface area contributed by atoms with Gasteiger partial charge in [-0.25, -0.2) is 0 Å². The molecular formula is C10H19F3N2O. The van der Waals surface area contributed by atoms with Crippen LogP contribution in [0.4, 0.5) is 13.2 Å². The summed E-state index contributed by atoms with van der Waals surface area (Å²) in [6.07, 6.45) is -3.90. The smallest absolute Gasteiger partial charge is 0.382 e. The van der Waals surface area contributed by atoms with Gasteiger partial charge in [0.25, 0.3) is 0 Å². The van der Waals surface area contributed by atoms with Crippen molar-refractivity contribution < 1.29 is 18.3 Å². The van der Waals surface area contributed by atoms with Crippen molar-refractivity contribution in [1.29, 1.82) is 0 Å². The number of hydrogen-bond donors (Lipinski definition) is 2. The summed E-state index contributed by atoms with van der Waals surface area (Å²) < 4.78 is 36.7. The van der Waals surface area contributed by atoms with Crippen molar-refractivity contribution >= 4 is 0 Å². The lowest BCUT2D eigenvalue weighted by molar-refractivity contribution is -0.210. The average Bonchev–Trinajstić information content (AvgIpc) is 2.20. The zero-order valence-electron chi connectivity index (χ0n) is 9.43. The molecule has 3 nitrogen and oxygen atoms in total. The van der Waals surface area contributed by atoms with Crippen molar-refractivity contribution in [3.05, 3.63) is 0 Å². The van der Waals surface area contributed by atoms with Crippen molar-refractivity contribution in [3.8, 4) is 0 Å². The molecule has 0 spiro atoms. The van der Waals surface area contributed by atoms with E-state index in [0.29, 0.717) is 13.1 Å². The second-order valence-corrected chi connectivity index (χ2v) is 4.26. The van der Waals surface area contributed by atoms with E-state index in [-0.39, 0.29) is 12.6 Å². The van der Waals surface area contributed by atoms with Gasteiger partial charge in [-0.3, -0.25) is 4.90 Å². The number of piperidine rings is 1. The van der Waals surface area contributed by atoms with Crippen LogP contribution in [0.15, 0.2) is 0 Å². The molecule has 1 rings (SSSR count). The van der Waals surface area contributed by atoms with Crippen molar-refractivity contribution in [3.63, 3.8) is 0 Å². The summed E-state index contributed by atoms with van der Waals surface area (Å²) in [6.45, 7) is 1.000. The summed E-state index contributed by atoms with van der Waals surface area (Å²) in [5.41, 5.74) is 0. The highest BCUT2D eigenvalue weighted by Gasteiger charge is 2.40. The number of aliphatic hydroxyl groups excluding tert-OH is 1. The third-order valence-corrected chi connectivity index (χ3v) is 2.97. The van der Waals surface area contributed by atoms with Crippen LogP contribution in [-0.4, -0.2) is 55.0 Å². The van der Waals surface area contributed by atoms with Gasteiger partial charge in [0.2, 0.25) is 0 Å². The van der Waals surface area contributed by atoms with E-state index in [0.717, 1.165) is 19.3 Å². The lowest BCUT2D eigenvalue weighted by Gasteiger charge is -2.37. The van der Waals surface area contributed by atoms with Crippen LogP contribution in [-0.2, 0) is 0 Å². The van der Waals surface area contributed by atoms with Gasteiger partial charge in [-0.1, -0.05) is 6.42 Å². The van der Waals surface area contributed by atoms with Crippen LogP contribution < -0.4 is 5.32 Å². The van der Waals surface area contributed by atoms with Gasteiger partial charge in [0.15, 0.2) is 6.10 Å². The number of nitrogens with zero attached hydrogens (tertiary/aromatic N) is 1. The maximum atomic E-state index is 12.2. The van der Waals surface area contributed by atoms with Crippen molar-refractivity contribution in [1.82, 2.24) is 10.2 Å². The van der Waals surface area contributed by atoms with E-state index >= 15 is 0 Å². The zero-order chi connectivity index (χ0) is 12.2. The van der Waals surface area contributed by atoms with Crippen molar-refractivity contribution in [2.45, 2.75) is 37.6 Å². The van der Waals surface area contributed by atoms with Gasteiger partial charge in [-0.2, -0.15) is 13.2 Å². The molecule has 2 unspecified atom stereocenters. The molecule has 0 aromatic rings. The van der Waals surface area contributed by atoms with Gasteiger partial charge < -0.3 is 10.4 Å². The zero-order valence-corrected chi connectivity index (χ0v) is 9.43. The number of likely N-dealkylation sites (N-methyl/N-ethyl adjacent to an activating group) is 1. The second-order valence-electron chi connectivity index (χ2n) is 4.26. The molecule has 16 heavy (non-hydrogen) atoms. The van der Waals surface area contributed by atoms with E-state index < -0.39 is 12.3 Å². The molecule has 0 amide bonds. The Hall–Kier alpha value is -0.330. The Kier molecular flexibility index (Phi) is 5.01. The standard InChI is InChI=1S/C10H19F3N2O/c1-14-6-8-4-2-3-5-15(8)7-9(16)10(11,12)13/h8-9,14,16H,2-7H2,1H3. The number of halogens is 3. The molecule has 1 aliphatic rings. The first-order valence-electron chi connectivity index (χ1n) is 5.58. The maximum absolute atomic E-state index is 12.2. The lowest BCUT2D eigenvalue weighted by Crippen LogP contribution is -2.50. The number of rotatable bonds is 4. The predicted octanol–water partition coefficient (Wildman–Crippen LogP) is 0.983. The number of aliphatic hydroxyl groups is 1. The van der Waals surface area contributed by atoms with E-state index in [1.54, 1.807) is 11.9 Å². The number of hydrogen-bond acceptors (Lipinski definition) is 3. The van der Waals surface area contributed by atoms with E-state index in [4.69, 9.17) is 5.11 Å². The molecule has 96 valence electrons. The lowest BCUT2D eigenvalue weighted by atomic mass is 10.0. The monoisotopic (exact) mass is 240 g/mol. The molecule has 2 N–H and O–H groups in total. The fourth-order valence-corrected chi connectivity index (χ4v) is 2.09. The summed E-state index contributed by atoms with van der Waals surface area (Å²) in [5, 5.41) is 12.0. The molecule has 0 aliphatic carbocycles. The molecule has 1 saturated heterocycles. The van der Waals surface area contributed by atoms with Crippen molar-refractivity contribution in [2.75, 3.05) is 26.7 Å². The molecule has 0 aromatic heterocycles. The predicted molar refractivity (Wildman–Crippen MR) is 55.2 cm³/mol. The fraction of sp³-hybridized carbons (Fsp3) is 1.00. The number of likely N-dealkylation sites (tertiary alicyclic amines) is 1. The second kappa shape index (κ2) is 5.84. The quantitative estimate of drug-likeness (QED) is 0.769. The first-order valence-corrected chi connectivity index (χ1v) is 5.58. The summed E-state index contributed by atoms with van der Waals surface area (Å²) in [5.74, 6) is 0. The van der Waals surface area contributed by atoms with Crippen LogP contribution in [0.2, 0.25) is 0 Å². The largest absolute Gasteiger partial charge is 0.415 e. The Morgan fingerprint density at radius 3 is 2.69 bits per heavy atom. The van der Waals surface area contributed by atoms with Crippen molar-refractivity contribution in [2.24, 2.45) is 0 Å². The minimum atomic E-state index is -4.51. The maximum Gasteiger partial charge on any atom is 0.415 e. The Morgan fingerprint density at radius 2 is 2.12 bits per heavy atom. The van der Waals surface area contributed by atoms with Gasteiger partial charge in [-0.05, 0) is 26.4 Å². The molecule has 1 fully saturated rings. The molecule has 0 saturated carbocycles. The van der Waals surface area contributed by atoms with Crippen LogP contribution in [0, 0.1) is 0 Å². The van der Waals surface area contributed by atoms with Crippen LogP contribution in [0.5, 0.6) is 0 Å². The molecular weight excluding hydrogens is 221 g/mol. The topological polar surface area (TPSA) is 35.5 Å². The highest BCUT2D eigenvalue weighted by Crippen LogP contribution is 2.23. The third-order valence-electron chi connectivity index (χ3n) is 2.97. The summed E-state index contributed by atoms with van der Waals surface area (Å²) in [6, 6.07) is 0.107. The van der Waals surface area contributed by atoms with Gasteiger partial charge >= 0.3 is 6.18 Å². The van der Waals surface area contributed by atoms with E-state index in [1.807, 2.05) is 0 Å². The normalized spacial score (nSPS) is 25.7. The van der Waals surface area contributed by atoms with E-state index in [1.165, 1.54) is 0 Å². The minimum absolute atomic E-state index is 0.107. The van der Waals surface area contributed by atoms with Gasteiger partial charge in [0.1, 0.15) is 0 Å². The molecule has 0 bridgehead atoms. The van der Waals surface area contributed by atoms with Gasteiger partial charge in [0, 0.05) is 19.1 Å². The fourth-order valence-electron chi connectivity index (χ4n) is 2.09. The Morgan fingerprint density at radius 1 is 1.44 bits per heavy atom. The first kappa shape index (κ1) is 13.7. The van der Waals surface area contributed by atoms with Gasteiger partial charge in [0.05, 0.1) is 0 Å². The minimum Gasteiger partial charge on any atom is -0.382 e. The molecule has 1 aliphatic heterocycles. The SMILES string of the molecule is CNCC1CCCCN1CC(O)C(F)(F)F. The highest BCUT2D eigenvalue weighted by atomic mass is 19.4. The Bertz CT molecular complexity index is 209. The third kappa shape index (κ3) is 3.92. The molecule has 6 heteroatoms. The van der Waals surface area contributed by atoms with E-state index in [2.05, 4.69) is 5.32 Å². The molecule has 1 heterocycles. The molecule has 0 radical (unpaired) electrons. The van der Waals surface area contributed by atoms with Crippen LogP contribution in [0.25, 0.3) is 0 Å². The Labute approximate surface area is 93.6 Å². The Balaban J connectivity index is 2.49. The molecule has 2 atom stereocenters. The highest BCUT2D eigenvalue weighted by molar-refractivity contribution is 4.81. The summed E-state index contributed by atoms with van der Waals surface area (Å²) in [4.78, 5) is 1.73. The molecule has 0 aromatic carbocycles. The summed E-state index contributed by atoms with van der Waals surface area (Å²) in [7, 11) is 1.78. The van der Waals surface area contributed by atoms with Crippen LogP contribution >= 0.6 is 0 Å². The van der Waals surface area contributed by atoms with Gasteiger partial charge in [-0.15, -0.1) is 0 Å². The van der Waals surface area contributed by atoms with E-state index in [9.17, 15) is 13.2 Å². The first-order chi connectivity index (χ1) is 7.45. The number of nitrogens with one attached hydrogen (secondary N) is 1. The number of β-amino-alcohol motifs (C(OH)–C–C–N with tert-alkyl or cyclic N) is 1.